The maximum atomic E-state index is 12.1. The molecule has 27 heavy (non-hydrogen) atoms. The Hall–Kier alpha value is -2.69. The van der Waals surface area contributed by atoms with Gasteiger partial charge in [-0.2, -0.15) is 0 Å². The molecule has 0 bridgehead atoms. The van der Waals surface area contributed by atoms with E-state index in [-0.39, 0.29) is 6.03 Å². The van der Waals surface area contributed by atoms with Crippen molar-refractivity contribution in [3.63, 3.8) is 0 Å². The zero-order valence-corrected chi connectivity index (χ0v) is 16.5. The summed E-state index contributed by atoms with van der Waals surface area (Å²) in [5.41, 5.74) is 5.48. The van der Waals surface area contributed by atoms with Gasteiger partial charge in [0.2, 0.25) is 0 Å². The average Bonchev–Trinajstić information content (AvgIpc) is 3.15. The number of hydrogen-bond acceptors (Lipinski definition) is 3. The molecule has 5 nitrogen and oxygen atoms in total. The maximum Gasteiger partial charge on any atom is 0.319 e. The first-order valence-electron chi connectivity index (χ1n) is 9.63. The van der Waals surface area contributed by atoms with Gasteiger partial charge in [-0.25, -0.2) is 4.79 Å². The summed E-state index contributed by atoms with van der Waals surface area (Å²) in [4.78, 5) is 14.4. The summed E-state index contributed by atoms with van der Waals surface area (Å²) in [6.45, 7) is 9.28. The molecule has 144 valence electrons. The molecule has 1 aliphatic rings. The Bertz CT molecular complexity index is 758. The monoisotopic (exact) mass is 367 g/mol. The number of hydrogen-bond donors (Lipinski definition) is 2. The number of benzene rings is 2. The first kappa shape index (κ1) is 19.1. The molecule has 0 atom stereocenters. The van der Waals surface area contributed by atoms with Gasteiger partial charge < -0.3 is 20.3 Å². The van der Waals surface area contributed by atoms with Gasteiger partial charge in [0.15, 0.2) is 0 Å². The lowest BCUT2D eigenvalue weighted by Crippen LogP contribution is -2.32. The van der Waals surface area contributed by atoms with Crippen LogP contribution in [0.3, 0.4) is 0 Å². The van der Waals surface area contributed by atoms with Crippen molar-refractivity contribution in [3.8, 4) is 5.75 Å². The second-order valence-corrected chi connectivity index (χ2v) is 7.20. The lowest BCUT2D eigenvalue weighted by molar-refractivity contribution is 0.247. The second kappa shape index (κ2) is 8.80. The molecular formula is C22H29N3O2. The van der Waals surface area contributed by atoms with E-state index in [0.717, 1.165) is 35.7 Å². The first-order chi connectivity index (χ1) is 13.0. The summed E-state index contributed by atoms with van der Waals surface area (Å²) in [5, 5.41) is 5.70. The van der Waals surface area contributed by atoms with E-state index in [1.54, 1.807) is 0 Å². The minimum atomic E-state index is -0.218. The van der Waals surface area contributed by atoms with Gasteiger partial charge in [-0.3, -0.25) is 0 Å². The van der Waals surface area contributed by atoms with Crippen molar-refractivity contribution in [1.29, 1.82) is 0 Å². The molecule has 0 saturated carbocycles. The molecule has 0 aromatic heterocycles. The van der Waals surface area contributed by atoms with Crippen LogP contribution in [-0.2, 0) is 0 Å². The van der Waals surface area contributed by atoms with Crippen molar-refractivity contribution in [2.75, 3.05) is 36.5 Å². The molecule has 3 rings (SSSR count). The zero-order valence-electron chi connectivity index (χ0n) is 16.5. The van der Waals surface area contributed by atoms with Crippen LogP contribution in [0.25, 0.3) is 0 Å². The highest BCUT2D eigenvalue weighted by molar-refractivity contribution is 5.89. The van der Waals surface area contributed by atoms with Crippen LogP contribution in [0.2, 0.25) is 0 Å². The summed E-state index contributed by atoms with van der Waals surface area (Å²) < 4.78 is 5.85. The van der Waals surface area contributed by atoms with E-state index in [4.69, 9.17) is 4.74 Å². The Balaban J connectivity index is 1.42. The number of nitrogens with zero attached hydrogens (tertiary/aromatic N) is 1. The number of anilines is 2. The molecule has 0 radical (unpaired) electrons. The van der Waals surface area contributed by atoms with Gasteiger partial charge in [-0.15, -0.1) is 0 Å². The minimum Gasteiger partial charge on any atom is -0.491 e. The van der Waals surface area contributed by atoms with Crippen LogP contribution in [0.4, 0.5) is 16.2 Å². The van der Waals surface area contributed by atoms with Gasteiger partial charge in [-0.1, -0.05) is 17.7 Å². The Morgan fingerprint density at radius 3 is 2.30 bits per heavy atom. The Morgan fingerprint density at radius 1 is 1.04 bits per heavy atom. The third-order valence-electron chi connectivity index (χ3n) is 4.84. The number of amides is 2. The zero-order chi connectivity index (χ0) is 19.2. The van der Waals surface area contributed by atoms with Gasteiger partial charge in [0.1, 0.15) is 12.4 Å². The minimum absolute atomic E-state index is 0.218. The van der Waals surface area contributed by atoms with Crippen LogP contribution in [0.5, 0.6) is 5.75 Å². The Labute approximate surface area is 161 Å². The summed E-state index contributed by atoms with van der Waals surface area (Å²) in [7, 11) is 0. The predicted molar refractivity (Wildman–Crippen MR) is 111 cm³/mol. The molecule has 0 spiro atoms. The molecule has 0 aliphatic carbocycles. The molecule has 0 unspecified atom stereocenters. The van der Waals surface area contributed by atoms with E-state index in [1.165, 1.54) is 24.1 Å². The fourth-order valence-electron chi connectivity index (χ4n) is 3.62. The normalized spacial score (nSPS) is 13.5. The quantitative estimate of drug-likeness (QED) is 0.744. The fourth-order valence-corrected chi connectivity index (χ4v) is 3.62. The molecule has 1 heterocycles. The molecule has 2 aromatic carbocycles. The molecule has 2 N–H and O–H groups in total. The van der Waals surface area contributed by atoms with Gasteiger partial charge in [-0.05, 0) is 69.0 Å². The molecule has 2 aromatic rings. The summed E-state index contributed by atoms with van der Waals surface area (Å²) >= 11 is 0. The Kier molecular flexibility index (Phi) is 6.22. The van der Waals surface area contributed by atoms with Crippen molar-refractivity contribution >= 4 is 17.4 Å². The maximum absolute atomic E-state index is 12.1. The number of urea groups is 1. The predicted octanol–water partition coefficient (Wildman–Crippen LogP) is 4.41. The third-order valence-corrected chi connectivity index (χ3v) is 4.84. The molecule has 5 heteroatoms. The first-order valence-corrected chi connectivity index (χ1v) is 9.63. The molecule has 1 saturated heterocycles. The van der Waals surface area contributed by atoms with E-state index in [9.17, 15) is 4.79 Å². The average molecular weight is 367 g/mol. The van der Waals surface area contributed by atoms with E-state index in [0.29, 0.717) is 13.2 Å². The largest absolute Gasteiger partial charge is 0.491 e. The van der Waals surface area contributed by atoms with Crippen molar-refractivity contribution in [3.05, 3.63) is 53.1 Å². The van der Waals surface area contributed by atoms with Crippen LogP contribution >= 0.6 is 0 Å². The number of ether oxygens (including phenoxy) is 1. The van der Waals surface area contributed by atoms with Crippen molar-refractivity contribution in [2.24, 2.45) is 0 Å². The summed E-state index contributed by atoms with van der Waals surface area (Å²) in [6, 6.07) is 12.0. The smallest absolute Gasteiger partial charge is 0.319 e. The van der Waals surface area contributed by atoms with Crippen molar-refractivity contribution in [1.82, 2.24) is 5.32 Å². The van der Waals surface area contributed by atoms with Crippen molar-refractivity contribution in [2.45, 2.75) is 33.6 Å². The molecule has 2 amide bonds. The number of nitrogens with one attached hydrogen (secondary N) is 2. The van der Waals surface area contributed by atoms with Crippen molar-refractivity contribution < 1.29 is 9.53 Å². The van der Waals surface area contributed by atoms with Crippen LogP contribution < -0.4 is 20.3 Å². The van der Waals surface area contributed by atoms with Gasteiger partial charge in [0.25, 0.3) is 0 Å². The number of aryl methyl sites for hydroxylation is 3. The van der Waals surface area contributed by atoms with Crippen LogP contribution in [0.1, 0.15) is 29.5 Å². The lowest BCUT2D eigenvalue weighted by Gasteiger charge is -2.18. The second-order valence-electron chi connectivity index (χ2n) is 7.20. The van der Waals surface area contributed by atoms with E-state index < -0.39 is 0 Å². The van der Waals surface area contributed by atoms with Crippen LogP contribution in [0.15, 0.2) is 36.4 Å². The summed E-state index contributed by atoms with van der Waals surface area (Å²) in [5.74, 6) is 0.903. The topological polar surface area (TPSA) is 53.6 Å². The van der Waals surface area contributed by atoms with Gasteiger partial charge in [0.05, 0.1) is 6.54 Å². The highest BCUT2D eigenvalue weighted by Crippen LogP contribution is 2.24. The Morgan fingerprint density at radius 2 is 1.67 bits per heavy atom. The van der Waals surface area contributed by atoms with Gasteiger partial charge >= 0.3 is 6.03 Å². The highest BCUT2D eigenvalue weighted by atomic mass is 16.5. The third kappa shape index (κ3) is 5.16. The molecule has 1 aliphatic heterocycles. The van der Waals surface area contributed by atoms with E-state index in [2.05, 4.69) is 46.7 Å². The van der Waals surface area contributed by atoms with E-state index >= 15 is 0 Å². The lowest BCUT2D eigenvalue weighted by atomic mass is 10.1. The number of carbonyl (C=O) groups is 1. The van der Waals surface area contributed by atoms with Crippen LogP contribution in [0, 0.1) is 20.8 Å². The van der Waals surface area contributed by atoms with Gasteiger partial charge in [0, 0.05) is 24.5 Å². The fraction of sp³-hybridized carbons (Fsp3) is 0.409. The molecular weight excluding hydrogens is 338 g/mol. The molecule has 1 fully saturated rings. The summed E-state index contributed by atoms with van der Waals surface area (Å²) in [6.07, 6.45) is 2.51. The number of rotatable bonds is 6. The standard InChI is InChI=1S/C22H29N3O2/c1-16-14-17(2)21(18(3)15-16)27-13-10-23-22(26)24-19-6-8-20(9-7-19)25-11-4-5-12-25/h6-9,14-15H,4-5,10-13H2,1-3H3,(H2,23,24,26). The highest BCUT2D eigenvalue weighted by Gasteiger charge is 2.12. The number of carbonyl (C=O) groups excluding carboxylic acids is 1. The SMILES string of the molecule is Cc1cc(C)c(OCCNC(=O)Nc2ccc(N3CCCC3)cc2)c(C)c1. The van der Waals surface area contributed by atoms with E-state index in [1.807, 2.05) is 26.0 Å². The van der Waals surface area contributed by atoms with Crippen LogP contribution in [-0.4, -0.2) is 32.3 Å².